The highest BCUT2D eigenvalue weighted by atomic mass is 16.5. The van der Waals surface area contributed by atoms with Crippen LogP contribution in [0.4, 0.5) is 0 Å². The van der Waals surface area contributed by atoms with E-state index >= 15 is 0 Å². The van der Waals surface area contributed by atoms with Crippen LogP contribution in [0.2, 0.25) is 0 Å². The summed E-state index contributed by atoms with van der Waals surface area (Å²) in [5, 5.41) is 0. The highest BCUT2D eigenvalue weighted by Crippen LogP contribution is 2.40. The van der Waals surface area contributed by atoms with E-state index < -0.39 is 0 Å². The number of rotatable bonds is 4. The highest BCUT2D eigenvalue weighted by Gasteiger charge is 2.45. The molecule has 4 heteroatoms. The molecule has 0 aromatic carbocycles. The van der Waals surface area contributed by atoms with E-state index in [4.69, 9.17) is 9.47 Å². The quantitative estimate of drug-likeness (QED) is 0.853. The lowest BCUT2D eigenvalue weighted by Gasteiger charge is -2.50. The molecule has 2 saturated heterocycles. The molecule has 0 saturated carbocycles. The number of fused-ring (bicyclic) bond motifs is 1. The number of hydrogen-bond acceptors (Lipinski definition) is 4. The lowest BCUT2D eigenvalue weighted by Crippen LogP contribution is -2.56. The topological polar surface area (TPSA) is 34.6 Å². The molecule has 2 aliphatic heterocycles. The van der Waals surface area contributed by atoms with E-state index in [-0.39, 0.29) is 5.41 Å². The standard InChI is InChI=1S/C17H26N2O2/c1-14-5-3-6-15(18-14)11-19-9-7-16-17(12-19,13-20-2)8-4-10-21-16/h3,5-6,16H,4,7-13H2,1-2H3/t16-,17+/m0/s1. The molecule has 4 nitrogen and oxygen atoms in total. The molecule has 1 aromatic heterocycles. The van der Waals surface area contributed by atoms with Crippen LogP contribution in [0.5, 0.6) is 0 Å². The summed E-state index contributed by atoms with van der Waals surface area (Å²) in [6.07, 6.45) is 3.84. The van der Waals surface area contributed by atoms with Gasteiger partial charge in [-0.05, 0) is 38.3 Å². The first-order valence-electron chi connectivity index (χ1n) is 7.97. The fourth-order valence-corrected chi connectivity index (χ4v) is 3.93. The first-order valence-corrected chi connectivity index (χ1v) is 7.97. The van der Waals surface area contributed by atoms with Crippen LogP contribution >= 0.6 is 0 Å². The Hall–Kier alpha value is -0.970. The Balaban J connectivity index is 1.70. The summed E-state index contributed by atoms with van der Waals surface area (Å²) in [5.41, 5.74) is 2.43. The van der Waals surface area contributed by atoms with Crippen molar-refractivity contribution in [1.82, 2.24) is 9.88 Å². The number of likely N-dealkylation sites (tertiary alicyclic amines) is 1. The zero-order chi connectivity index (χ0) is 14.7. The minimum absolute atomic E-state index is 0.176. The highest BCUT2D eigenvalue weighted by molar-refractivity contribution is 5.10. The average Bonchev–Trinajstić information content (AvgIpc) is 2.47. The van der Waals surface area contributed by atoms with Gasteiger partial charge in [0.15, 0.2) is 0 Å². The summed E-state index contributed by atoms with van der Waals surface area (Å²) in [4.78, 5) is 7.16. The van der Waals surface area contributed by atoms with Gasteiger partial charge in [-0.3, -0.25) is 9.88 Å². The van der Waals surface area contributed by atoms with E-state index in [9.17, 15) is 0 Å². The number of nitrogens with zero attached hydrogens (tertiary/aromatic N) is 2. The molecule has 2 aliphatic rings. The molecule has 1 aromatic rings. The molecule has 0 unspecified atom stereocenters. The van der Waals surface area contributed by atoms with Crippen molar-refractivity contribution in [3.63, 3.8) is 0 Å². The van der Waals surface area contributed by atoms with Crippen molar-refractivity contribution in [2.45, 2.75) is 38.8 Å². The maximum Gasteiger partial charge on any atom is 0.0677 e. The van der Waals surface area contributed by atoms with Gasteiger partial charge in [-0.2, -0.15) is 0 Å². The third-order valence-electron chi connectivity index (χ3n) is 4.83. The molecular weight excluding hydrogens is 264 g/mol. The van der Waals surface area contributed by atoms with Crippen LogP contribution in [0.25, 0.3) is 0 Å². The van der Waals surface area contributed by atoms with Crippen LogP contribution in [0.1, 0.15) is 30.7 Å². The molecule has 2 fully saturated rings. The second kappa shape index (κ2) is 6.42. The zero-order valence-corrected chi connectivity index (χ0v) is 13.2. The average molecular weight is 290 g/mol. The third kappa shape index (κ3) is 3.28. The van der Waals surface area contributed by atoms with Gasteiger partial charge in [0.05, 0.1) is 18.4 Å². The Bertz CT molecular complexity index is 476. The van der Waals surface area contributed by atoms with E-state index in [0.717, 1.165) is 57.1 Å². The Morgan fingerprint density at radius 1 is 1.48 bits per heavy atom. The smallest absolute Gasteiger partial charge is 0.0677 e. The third-order valence-corrected chi connectivity index (χ3v) is 4.83. The molecule has 0 N–H and O–H groups in total. The minimum Gasteiger partial charge on any atom is -0.384 e. The van der Waals surface area contributed by atoms with Crippen molar-refractivity contribution in [2.75, 3.05) is 33.4 Å². The van der Waals surface area contributed by atoms with Crippen LogP contribution in [-0.2, 0) is 16.0 Å². The summed E-state index contributed by atoms with van der Waals surface area (Å²) >= 11 is 0. The lowest BCUT2D eigenvalue weighted by atomic mass is 9.73. The number of methoxy groups -OCH3 is 1. The first kappa shape index (κ1) is 14.9. The predicted molar refractivity (Wildman–Crippen MR) is 82.2 cm³/mol. The van der Waals surface area contributed by atoms with E-state index in [1.54, 1.807) is 0 Å². The molecular formula is C17H26N2O2. The van der Waals surface area contributed by atoms with Gasteiger partial charge in [0, 0.05) is 44.5 Å². The van der Waals surface area contributed by atoms with Gasteiger partial charge in [0.1, 0.15) is 0 Å². The molecule has 0 aliphatic carbocycles. The van der Waals surface area contributed by atoms with Gasteiger partial charge in [-0.25, -0.2) is 0 Å². The normalized spacial score (nSPS) is 30.1. The molecule has 0 spiro atoms. The largest absolute Gasteiger partial charge is 0.384 e. The number of aromatic nitrogens is 1. The SMILES string of the molecule is COC[C@]12CCCO[C@H]1CCN(Cc1cccc(C)n1)C2. The monoisotopic (exact) mass is 290 g/mol. The molecule has 0 bridgehead atoms. The second-order valence-electron chi connectivity index (χ2n) is 6.53. The molecule has 0 amide bonds. The fourth-order valence-electron chi connectivity index (χ4n) is 3.93. The van der Waals surface area contributed by atoms with E-state index in [1.165, 1.54) is 6.42 Å². The number of hydrogen-bond donors (Lipinski definition) is 0. The lowest BCUT2D eigenvalue weighted by molar-refractivity contribution is -0.149. The molecule has 0 radical (unpaired) electrons. The van der Waals surface area contributed by atoms with E-state index in [1.807, 2.05) is 7.11 Å². The van der Waals surface area contributed by atoms with Crippen molar-refractivity contribution >= 4 is 0 Å². The summed E-state index contributed by atoms with van der Waals surface area (Å²) in [5.74, 6) is 0. The first-order chi connectivity index (χ1) is 10.2. The van der Waals surface area contributed by atoms with Crippen LogP contribution in [-0.4, -0.2) is 49.4 Å². The van der Waals surface area contributed by atoms with Gasteiger partial charge >= 0.3 is 0 Å². The van der Waals surface area contributed by atoms with Crippen LogP contribution in [0, 0.1) is 12.3 Å². The Morgan fingerprint density at radius 3 is 3.19 bits per heavy atom. The van der Waals surface area contributed by atoms with Crippen molar-refractivity contribution in [3.8, 4) is 0 Å². The summed E-state index contributed by atoms with van der Waals surface area (Å²) in [7, 11) is 1.81. The number of pyridine rings is 1. The summed E-state index contributed by atoms with van der Waals surface area (Å²) in [6, 6.07) is 6.27. The Kier molecular flexibility index (Phi) is 4.57. The molecule has 3 heterocycles. The molecule has 21 heavy (non-hydrogen) atoms. The number of piperidine rings is 1. The van der Waals surface area contributed by atoms with Crippen molar-refractivity contribution in [1.29, 1.82) is 0 Å². The zero-order valence-electron chi connectivity index (χ0n) is 13.2. The maximum absolute atomic E-state index is 6.03. The van der Waals surface area contributed by atoms with Gasteiger partial charge < -0.3 is 9.47 Å². The molecule has 116 valence electrons. The van der Waals surface area contributed by atoms with E-state index in [2.05, 4.69) is 35.0 Å². The van der Waals surface area contributed by atoms with Crippen molar-refractivity contribution in [2.24, 2.45) is 5.41 Å². The van der Waals surface area contributed by atoms with Gasteiger partial charge in [0.2, 0.25) is 0 Å². The number of aryl methyl sites for hydroxylation is 1. The molecule has 2 atom stereocenters. The van der Waals surface area contributed by atoms with Crippen LogP contribution < -0.4 is 0 Å². The Labute approximate surface area is 127 Å². The summed E-state index contributed by atoms with van der Waals surface area (Å²) < 4.78 is 11.6. The van der Waals surface area contributed by atoms with Crippen LogP contribution in [0.3, 0.4) is 0 Å². The van der Waals surface area contributed by atoms with Crippen molar-refractivity contribution in [3.05, 3.63) is 29.6 Å². The van der Waals surface area contributed by atoms with E-state index in [0.29, 0.717) is 6.10 Å². The number of ether oxygens (including phenoxy) is 2. The predicted octanol–water partition coefficient (Wildman–Crippen LogP) is 2.41. The van der Waals surface area contributed by atoms with Gasteiger partial charge in [-0.15, -0.1) is 0 Å². The van der Waals surface area contributed by atoms with Gasteiger partial charge in [0.25, 0.3) is 0 Å². The van der Waals surface area contributed by atoms with Crippen LogP contribution in [0.15, 0.2) is 18.2 Å². The molecule has 3 rings (SSSR count). The summed E-state index contributed by atoms with van der Waals surface area (Å²) in [6.45, 7) is 6.84. The maximum atomic E-state index is 6.03. The fraction of sp³-hybridized carbons (Fsp3) is 0.706. The van der Waals surface area contributed by atoms with Crippen molar-refractivity contribution < 1.29 is 9.47 Å². The minimum atomic E-state index is 0.176. The van der Waals surface area contributed by atoms with Gasteiger partial charge in [-0.1, -0.05) is 6.07 Å². The Morgan fingerprint density at radius 2 is 2.38 bits per heavy atom. The second-order valence-corrected chi connectivity index (χ2v) is 6.53.